The number of carbonyl (C=O) groups excluding carboxylic acids is 2. The highest BCUT2D eigenvalue weighted by Crippen LogP contribution is 2.24. The quantitative estimate of drug-likeness (QED) is 0.141. The summed E-state index contributed by atoms with van der Waals surface area (Å²) in [5.41, 5.74) is 3.42. The normalized spacial score (nSPS) is 12.0. The number of imidazole rings is 1. The van der Waals surface area contributed by atoms with E-state index in [4.69, 9.17) is 18.9 Å². The minimum absolute atomic E-state index is 0.0595. The first kappa shape index (κ1) is 34.1. The van der Waals surface area contributed by atoms with Crippen LogP contribution in [0.1, 0.15) is 58.3 Å². The Kier molecular flexibility index (Phi) is 11.1. The molecule has 0 saturated carbocycles. The lowest BCUT2D eigenvalue weighted by atomic mass is 10.0. The smallest absolute Gasteiger partial charge is 0.339 e. The summed E-state index contributed by atoms with van der Waals surface area (Å²) < 4.78 is 24.3. The Morgan fingerprint density at radius 2 is 1.60 bits per heavy atom. The number of pyridine rings is 1. The first-order valence-corrected chi connectivity index (χ1v) is 15.9. The molecule has 2 heterocycles. The Bertz CT molecular complexity index is 1810. The molecule has 10 nitrogen and oxygen atoms in total. The van der Waals surface area contributed by atoms with Crippen LogP contribution in [0.25, 0.3) is 10.9 Å². The van der Waals surface area contributed by atoms with Crippen LogP contribution in [0.4, 0.5) is 0 Å². The average molecular weight is 651 g/mol. The average Bonchev–Trinajstić information content (AvgIpc) is 3.60. The zero-order valence-electron chi connectivity index (χ0n) is 28.1. The third-order valence-corrected chi connectivity index (χ3v) is 7.61. The summed E-state index contributed by atoms with van der Waals surface area (Å²) in [6.45, 7) is 7.07. The van der Waals surface area contributed by atoms with Crippen LogP contribution in [-0.2, 0) is 35.5 Å². The summed E-state index contributed by atoms with van der Waals surface area (Å²) in [6, 6.07) is 22.0. The van der Waals surface area contributed by atoms with E-state index in [0.29, 0.717) is 23.1 Å². The summed E-state index contributed by atoms with van der Waals surface area (Å²) >= 11 is 0. The Balaban J connectivity index is 1.38. The molecule has 1 N–H and O–H groups in total. The highest BCUT2D eigenvalue weighted by atomic mass is 16.5. The molecule has 2 aromatic heterocycles. The maximum absolute atomic E-state index is 13.7. The summed E-state index contributed by atoms with van der Waals surface area (Å²) in [6.07, 6.45) is 6.66. The van der Waals surface area contributed by atoms with Gasteiger partial charge in [0.1, 0.15) is 29.4 Å². The van der Waals surface area contributed by atoms with Crippen molar-refractivity contribution in [2.45, 2.75) is 58.4 Å². The van der Waals surface area contributed by atoms with Gasteiger partial charge in [-0.15, -0.1) is 0 Å². The number of amides is 1. The number of hydrogen-bond donors (Lipinski definition) is 1. The molecule has 0 radical (unpaired) electrons. The van der Waals surface area contributed by atoms with E-state index in [1.54, 1.807) is 26.7 Å². The van der Waals surface area contributed by atoms with Crippen molar-refractivity contribution in [3.8, 4) is 11.5 Å². The molecule has 0 unspecified atom stereocenters. The van der Waals surface area contributed by atoms with E-state index in [2.05, 4.69) is 15.3 Å². The molecular formula is C38H42N4O6. The maximum Gasteiger partial charge on any atom is 0.339 e. The Hall–Kier alpha value is -5.22. The van der Waals surface area contributed by atoms with Crippen molar-refractivity contribution in [1.29, 1.82) is 0 Å². The topological polar surface area (TPSA) is 114 Å². The third-order valence-electron chi connectivity index (χ3n) is 7.61. The molecule has 1 atom stereocenters. The number of fused-ring (bicyclic) bond motifs is 1. The van der Waals surface area contributed by atoms with Gasteiger partial charge in [-0.3, -0.25) is 4.79 Å². The minimum Gasteiger partial charge on any atom is -0.497 e. The summed E-state index contributed by atoms with van der Waals surface area (Å²) in [5.74, 6) is 0.516. The number of aryl methyl sites for hydroxylation is 2. The largest absolute Gasteiger partial charge is 0.497 e. The minimum atomic E-state index is -0.551. The number of benzene rings is 3. The van der Waals surface area contributed by atoms with Crippen LogP contribution in [0, 0.1) is 0 Å². The van der Waals surface area contributed by atoms with E-state index in [-0.39, 0.29) is 36.1 Å². The van der Waals surface area contributed by atoms with Crippen LogP contribution in [0.5, 0.6) is 11.5 Å². The van der Waals surface area contributed by atoms with Gasteiger partial charge in [0, 0.05) is 31.4 Å². The predicted octanol–water partition coefficient (Wildman–Crippen LogP) is 6.20. The second-order valence-electron chi connectivity index (χ2n) is 12.6. The highest BCUT2D eigenvalue weighted by Gasteiger charge is 2.21. The molecule has 10 heteroatoms. The highest BCUT2D eigenvalue weighted by molar-refractivity contribution is 6.06. The van der Waals surface area contributed by atoms with Gasteiger partial charge >= 0.3 is 5.97 Å². The van der Waals surface area contributed by atoms with E-state index in [1.165, 1.54) is 6.07 Å². The Morgan fingerprint density at radius 3 is 2.27 bits per heavy atom. The van der Waals surface area contributed by atoms with Crippen LogP contribution in [0.3, 0.4) is 0 Å². The van der Waals surface area contributed by atoms with Crippen molar-refractivity contribution in [1.82, 2.24) is 19.9 Å². The number of rotatable bonds is 14. The first-order valence-electron chi connectivity index (χ1n) is 15.9. The number of ether oxygens (including phenoxy) is 4. The van der Waals surface area contributed by atoms with Crippen LogP contribution < -0.4 is 14.8 Å². The van der Waals surface area contributed by atoms with Crippen molar-refractivity contribution >= 4 is 22.8 Å². The lowest BCUT2D eigenvalue weighted by Gasteiger charge is -2.22. The summed E-state index contributed by atoms with van der Waals surface area (Å²) in [7, 11) is 3.19. The number of carbonyl (C=O) groups is 2. The summed E-state index contributed by atoms with van der Waals surface area (Å²) in [5, 5.41) is 3.66. The van der Waals surface area contributed by atoms with Crippen molar-refractivity contribution in [3.63, 3.8) is 0 Å². The number of aromatic nitrogens is 3. The van der Waals surface area contributed by atoms with Gasteiger partial charge in [-0.2, -0.15) is 0 Å². The molecule has 0 spiro atoms. The molecule has 3 aromatic carbocycles. The number of esters is 1. The zero-order chi connectivity index (χ0) is 34.1. The van der Waals surface area contributed by atoms with Crippen molar-refractivity contribution in [3.05, 3.63) is 119 Å². The zero-order valence-corrected chi connectivity index (χ0v) is 28.1. The lowest BCUT2D eigenvalue weighted by molar-refractivity contribution is 0.0475. The van der Waals surface area contributed by atoms with Gasteiger partial charge < -0.3 is 28.8 Å². The molecule has 0 bridgehead atoms. The Morgan fingerprint density at radius 1 is 0.896 bits per heavy atom. The molecular weight excluding hydrogens is 608 g/mol. The fourth-order valence-corrected chi connectivity index (χ4v) is 5.28. The standard InChI is InChI=1S/C38H42N4O6/c1-38(2,3)48-31-13-6-26(7-14-31)20-29(24-45-4)40-36(43)35-22-33(37(44)47-23-28-8-11-30(46-5)12-9-28)32-21-27(10-15-34(32)41-35)16-18-42-19-17-39-25-42/h6-15,17,19,21-22,25,29H,16,18,20,23-24H2,1-5H3,(H,40,43)/t29-/m0/s1. The fraction of sp³-hybridized carbons (Fsp3) is 0.316. The monoisotopic (exact) mass is 650 g/mol. The van der Waals surface area contributed by atoms with Crippen molar-refractivity contribution in [2.75, 3.05) is 20.8 Å². The van der Waals surface area contributed by atoms with E-state index in [1.807, 2.05) is 98.3 Å². The van der Waals surface area contributed by atoms with Gasteiger partial charge in [-0.25, -0.2) is 14.8 Å². The van der Waals surface area contributed by atoms with Crippen molar-refractivity contribution < 1.29 is 28.5 Å². The van der Waals surface area contributed by atoms with E-state index in [0.717, 1.165) is 35.4 Å². The number of nitrogens with one attached hydrogen (secondary N) is 1. The lowest BCUT2D eigenvalue weighted by Crippen LogP contribution is -2.40. The molecule has 0 aliphatic heterocycles. The predicted molar refractivity (Wildman–Crippen MR) is 183 cm³/mol. The molecule has 1 amide bonds. The fourth-order valence-electron chi connectivity index (χ4n) is 5.28. The molecule has 5 rings (SSSR count). The molecule has 0 saturated heterocycles. The Labute approximate surface area is 281 Å². The number of hydrogen-bond acceptors (Lipinski definition) is 8. The molecule has 48 heavy (non-hydrogen) atoms. The van der Waals surface area contributed by atoms with Crippen LogP contribution in [0.15, 0.2) is 91.5 Å². The van der Waals surface area contributed by atoms with Crippen LogP contribution in [0.2, 0.25) is 0 Å². The van der Waals surface area contributed by atoms with E-state index < -0.39 is 11.9 Å². The number of methoxy groups -OCH3 is 2. The van der Waals surface area contributed by atoms with Crippen LogP contribution in [-0.4, -0.2) is 58.9 Å². The second-order valence-corrected chi connectivity index (χ2v) is 12.6. The van der Waals surface area contributed by atoms with Gasteiger partial charge in [0.25, 0.3) is 5.91 Å². The molecule has 250 valence electrons. The molecule has 0 fully saturated rings. The molecule has 0 aliphatic carbocycles. The second kappa shape index (κ2) is 15.6. The van der Waals surface area contributed by atoms with Gasteiger partial charge in [-0.05, 0) is 92.8 Å². The van der Waals surface area contributed by atoms with Crippen molar-refractivity contribution in [2.24, 2.45) is 0 Å². The molecule has 5 aromatic rings. The van der Waals surface area contributed by atoms with Crippen LogP contribution >= 0.6 is 0 Å². The SMILES string of the molecule is COC[C@H](Cc1ccc(OC(C)(C)C)cc1)NC(=O)c1cc(C(=O)OCc2ccc(OC)cc2)c2cc(CCn3ccnc3)ccc2n1. The molecule has 0 aliphatic rings. The van der Waals surface area contributed by atoms with Gasteiger partial charge in [0.2, 0.25) is 0 Å². The van der Waals surface area contributed by atoms with E-state index >= 15 is 0 Å². The maximum atomic E-state index is 13.7. The number of nitrogens with zero attached hydrogens (tertiary/aromatic N) is 3. The van der Waals surface area contributed by atoms with Gasteiger partial charge in [-0.1, -0.05) is 30.3 Å². The third kappa shape index (κ3) is 9.42. The summed E-state index contributed by atoms with van der Waals surface area (Å²) in [4.78, 5) is 36.1. The van der Waals surface area contributed by atoms with E-state index in [9.17, 15) is 9.59 Å². The van der Waals surface area contributed by atoms with Gasteiger partial charge in [0.05, 0.1) is 37.2 Å². The first-order chi connectivity index (χ1) is 23.1. The van der Waals surface area contributed by atoms with Gasteiger partial charge in [0.15, 0.2) is 0 Å².